The standard InChI is InChI=1S/C17H13FN2O5S2/c1-25-11-4-2-10(3-5-11)15-9-26-17(19-15)20-27(23,24)12-6-7-14(18)13(8-12)16(21)22/h2-9H,1H3,(H,19,20)(H,21,22)/p-1. The van der Waals surface area contributed by atoms with Crippen LogP contribution < -0.4 is 14.6 Å². The Bertz CT molecular complexity index is 1090. The first kappa shape index (κ1) is 18.8. The maximum absolute atomic E-state index is 13.4. The van der Waals surface area contributed by atoms with E-state index in [4.69, 9.17) is 4.74 Å². The SMILES string of the molecule is COc1ccc(-c2csc(NS(=O)(=O)c3ccc(F)c(C(=O)[O-])c3)n2)cc1. The zero-order valence-electron chi connectivity index (χ0n) is 13.8. The van der Waals surface area contributed by atoms with Crippen LogP contribution in [0.3, 0.4) is 0 Å². The van der Waals surface area contributed by atoms with Crippen LogP contribution in [-0.4, -0.2) is 26.5 Å². The molecule has 0 spiro atoms. The first-order valence-electron chi connectivity index (χ1n) is 7.44. The normalized spacial score (nSPS) is 11.2. The summed E-state index contributed by atoms with van der Waals surface area (Å²) in [6.07, 6.45) is 0. The summed E-state index contributed by atoms with van der Waals surface area (Å²) in [5.41, 5.74) is 0.476. The number of sulfonamides is 1. The van der Waals surface area contributed by atoms with Gasteiger partial charge in [0.15, 0.2) is 5.13 Å². The highest BCUT2D eigenvalue weighted by atomic mass is 32.2. The number of rotatable bonds is 6. The van der Waals surface area contributed by atoms with Crippen LogP contribution in [0.4, 0.5) is 9.52 Å². The second-order valence-corrected chi connectivity index (χ2v) is 7.84. The Balaban J connectivity index is 1.85. The predicted octanol–water partition coefficient (Wildman–Crippen LogP) is 2.12. The first-order chi connectivity index (χ1) is 12.8. The highest BCUT2D eigenvalue weighted by Crippen LogP contribution is 2.28. The fraction of sp³-hybridized carbons (Fsp3) is 0.0588. The van der Waals surface area contributed by atoms with Crippen molar-refractivity contribution >= 4 is 32.5 Å². The van der Waals surface area contributed by atoms with E-state index in [0.717, 1.165) is 29.0 Å². The number of carbonyl (C=O) groups excluding carboxylic acids is 1. The molecular formula is C17H12FN2O5S2-. The number of methoxy groups -OCH3 is 1. The number of hydrogen-bond acceptors (Lipinski definition) is 7. The summed E-state index contributed by atoms with van der Waals surface area (Å²) < 4.78 is 45.6. The maximum atomic E-state index is 13.4. The van der Waals surface area contributed by atoms with Crippen LogP contribution in [0.25, 0.3) is 11.3 Å². The zero-order valence-corrected chi connectivity index (χ0v) is 15.4. The van der Waals surface area contributed by atoms with Gasteiger partial charge in [-0.05, 0) is 42.5 Å². The molecule has 7 nitrogen and oxygen atoms in total. The monoisotopic (exact) mass is 407 g/mol. The molecule has 0 amide bonds. The minimum Gasteiger partial charge on any atom is -0.545 e. The van der Waals surface area contributed by atoms with Gasteiger partial charge in [0, 0.05) is 16.5 Å². The van der Waals surface area contributed by atoms with Gasteiger partial charge in [0.1, 0.15) is 11.6 Å². The van der Waals surface area contributed by atoms with Crippen LogP contribution in [-0.2, 0) is 10.0 Å². The van der Waals surface area contributed by atoms with Gasteiger partial charge in [0.05, 0.1) is 23.7 Å². The molecule has 0 radical (unpaired) electrons. The van der Waals surface area contributed by atoms with E-state index in [9.17, 15) is 22.7 Å². The van der Waals surface area contributed by atoms with Crippen LogP contribution in [0, 0.1) is 5.82 Å². The van der Waals surface area contributed by atoms with Crippen LogP contribution in [0.15, 0.2) is 52.7 Å². The average molecular weight is 407 g/mol. The number of carbonyl (C=O) groups is 1. The van der Waals surface area contributed by atoms with E-state index in [0.29, 0.717) is 17.5 Å². The zero-order chi connectivity index (χ0) is 19.6. The molecular weight excluding hydrogens is 395 g/mol. The molecule has 0 unspecified atom stereocenters. The van der Waals surface area contributed by atoms with Gasteiger partial charge in [-0.1, -0.05) is 0 Å². The van der Waals surface area contributed by atoms with E-state index in [-0.39, 0.29) is 5.13 Å². The number of nitrogens with one attached hydrogen (secondary N) is 1. The summed E-state index contributed by atoms with van der Waals surface area (Å²) in [4.78, 5) is 14.7. The van der Waals surface area contributed by atoms with Crippen molar-refractivity contribution in [2.75, 3.05) is 11.8 Å². The number of benzene rings is 2. The Hall–Kier alpha value is -2.98. The number of halogens is 1. The van der Waals surface area contributed by atoms with Gasteiger partial charge < -0.3 is 14.6 Å². The van der Waals surface area contributed by atoms with Crippen LogP contribution in [0.5, 0.6) is 5.75 Å². The molecule has 1 aromatic heterocycles. The van der Waals surface area contributed by atoms with Gasteiger partial charge in [-0.3, -0.25) is 4.72 Å². The van der Waals surface area contributed by atoms with Gasteiger partial charge in [0.2, 0.25) is 0 Å². The summed E-state index contributed by atoms with van der Waals surface area (Å²) in [5, 5.41) is 12.6. The number of carboxylic acids is 1. The largest absolute Gasteiger partial charge is 0.545 e. The second-order valence-electron chi connectivity index (χ2n) is 5.30. The highest BCUT2D eigenvalue weighted by molar-refractivity contribution is 7.93. The number of aromatic nitrogens is 1. The topological polar surface area (TPSA) is 108 Å². The smallest absolute Gasteiger partial charge is 0.263 e. The van der Waals surface area contributed by atoms with Crippen LogP contribution in [0.1, 0.15) is 10.4 Å². The average Bonchev–Trinajstić information content (AvgIpc) is 3.09. The molecule has 0 aliphatic rings. The van der Waals surface area contributed by atoms with Crippen molar-refractivity contribution in [3.05, 3.63) is 59.2 Å². The van der Waals surface area contributed by atoms with Crippen molar-refractivity contribution < 1.29 is 27.4 Å². The third-order valence-electron chi connectivity index (χ3n) is 3.58. The fourth-order valence-corrected chi connectivity index (χ4v) is 4.22. The Morgan fingerprint density at radius 2 is 1.93 bits per heavy atom. The predicted molar refractivity (Wildman–Crippen MR) is 95.6 cm³/mol. The number of anilines is 1. The second kappa shape index (κ2) is 7.33. The van der Waals surface area contributed by atoms with Crippen molar-refractivity contribution in [2.45, 2.75) is 4.90 Å². The van der Waals surface area contributed by atoms with E-state index >= 15 is 0 Å². The summed E-state index contributed by atoms with van der Waals surface area (Å²) in [5.74, 6) is -2.21. The van der Waals surface area contributed by atoms with Gasteiger partial charge in [-0.25, -0.2) is 17.8 Å². The Morgan fingerprint density at radius 1 is 1.22 bits per heavy atom. The molecule has 0 aliphatic heterocycles. The van der Waals surface area contributed by atoms with E-state index < -0.39 is 32.3 Å². The number of hydrogen-bond donors (Lipinski definition) is 1. The number of carboxylic acid groups (broad SMARTS) is 1. The van der Waals surface area contributed by atoms with Gasteiger partial charge in [0.25, 0.3) is 10.0 Å². The first-order valence-corrected chi connectivity index (χ1v) is 9.80. The molecule has 10 heteroatoms. The van der Waals surface area contributed by atoms with Crippen LogP contribution in [0.2, 0.25) is 0 Å². The van der Waals surface area contributed by atoms with Crippen molar-refractivity contribution in [3.63, 3.8) is 0 Å². The summed E-state index contributed by atoms with van der Waals surface area (Å²) >= 11 is 1.05. The Kier molecular flexibility index (Phi) is 5.10. The highest BCUT2D eigenvalue weighted by Gasteiger charge is 2.19. The molecule has 0 saturated heterocycles. The number of ether oxygens (including phenoxy) is 1. The molecule has 0 fully saturated rings. The number of thiazole rings is 1. The van der Waals surface area contributed by atoms with Crippen molar-refractivity contribution in [1.29, 1.82) is 0 Å². The summed E-state index contributed by atoms with van der Waals surface area (Å²) in [7, 11) is -2.60. The molecule has 0 atom stereocenters. The molecule has 0 bridgehead atoms. The van der Waals surface area contributed by atoms with Gasteiger partial charge >= 0.3 is 0 Å². The third-order valence-corrected chi connectivity index (χ3v) is 5.80. The lowest BCUT2D eigenvalue weighted by Gasteiger charge is -2.09. The molecule has 3 aromatic rings. The molecule has 3 rings (SSSR count). The van der Waals surface area contributed by atoms with E-state index in [2.05, 4.69) is 9.71 Å². The summed E-state index contributed by atoms with van der Waals surface area (Å²) in [6, 6.07) is 9.46. The van der Waals surface area contributed by atoms with Crippen molar-refractivity contribution in [1.82, 2.24) is 4.98 Å². The Morgan fingerprint density at radius 3 is 2.56 bits per heavy atom. The quantitative estimate of drug-likeness (QED) is 0.671. The van der Waals surface area contributed by atoms with E-state index in [1.165, 1.54) is 0 Å². The molecule has 0 aliphatic carbocycles. The number of aromatic carboxylic acids is 1. The molecule has 1 N–H and O–H groups in total. The fourth-order valence-electron chi connectivity index (χ4n) is 2.22. The lowest BCUT2D eigenvalue weighted by molar-refractivity contribution is -0.255. The molecule has 1 heterocycles. The lowest BCUT2D eigenvalue weighted by atomic mass is 10.2. The minimum atomic E-state index is -4.15. The minimum absolute atomic E-state index is 0.0835. The van der Waals surface area contributed by atoms with E-state index in [1.807, 2.05) is 0 Å². The molecule has 0 saturated carbocycles. The van der Waals surface area contributed by atoms with Crippen LogP contribution >= 0.6 is 11.3 Å². The Labute approximate surface area is 158 Å². The molecule has 140 valence electrons. The van der Waals surface area contributed by atoms with Gasteiger partial charge in [-0.2, -0.15) is 0 Å². The molecule has 27 heavy (non-hydrogen) atoms. The molecule has 2 aromatic carbocycles. The maximum Gasteiger partial charge on any atom is 0.263 e. The van der Waals surface area contributed by atoms with Gasteiger partial charge in [-0.15, -0.1) is 11.3 Å². The van der Waals surface area contributed by atoms with Crippen molar-refractivity contribution in [2.24, 2.45) is 0 Å². The third kappa shape index (κ3) is 4.07. The number of nitrogens with zero attached hydrogens (tertiary/aromatic N) is 1. The lowest BCUT2D eigenvalue weighted by Crippen LogP contribution is -2.24. The van der Waals surface area contributed by atoms with E-state index in [1.54, 1.807) is 36.8 Å². The van der Waals surface area contributed by atoms with Crippen molar-refractivity contribution in [3.8, 4) is 17.0 Å². The summed E-state index contributed by atoms with van der Waals surface area (Å²) in [6.45, 7) is 0.